The lowest BCUT2D eigenvalue weighted by atomic mass is 9.84. The topological polar surface area (TPSA) is 29.3 Å². The maximum absolute atomic E-state index is 6.03. The number of nitrogens with two attached hydrogens (primary N) is 1. The van der Waals surface area contributed by atoms with E-state index in [2.05, 4.69) is 54.3 Å². The fraction of sp³-hybridized carbons (Fsp3) is 0.444. The second-order valence-electron chi connectivity index (χ2n) is 5.82. The van der Waals surface area contributed by atoms with Crippen molar-refractivity contribution in [2.24, 2.45) is 11.7 Å². The highest BCUT2D eigenvalue weighted by Gasteiger charge is 2.30. The fourth-order valence-electron chi connectivity index (χ4n) is 3.63. The van der Waals surface area contributed by atoms with E-state index in [0.29, 0.717) is 12.0 Å². The smallest absolute Gasteiger partial charge is 0.0388 e. The van der Waals surface area contributed by atoms with Crippen molar-refractivity contribution in [2.45, 2.75) is 25.8 Å². The first-order chi connectivity index (χ1) is 9.83. The zero-order valence-electron chi connectivity index (χ0n) is 12.3. The molecule has 3 rings (SSSR count). The minimum absolute atomic E-state index is 0.489. The van der Waals surface area contributed by atoms with E-state index < -0.39 is 0 Å². The summed E-state index contributed by atoms with van der Waals surface area (Å²) in [7, 11) is 0. The number of piperidine rings is 1. The Morgan fingerprint density at radius 2 is 1.95 bits per heavy atom. The average molecular weight is 268 g/mol. The molecule has 1 fully saturated rings. The molecule has 20 heavy (non-hydrogen) atoms. The van der Waals surface area contributed by atoms with Gasteiger partial charge in [-0.3, -0.25) is 4.90 Å². The Hall–Kier alpha value is -1.38. The van der Waals surface area contributed by atoms with Crippen LogP contribution >= 0.6 is 0 Å². The number of rotatable bonds is 3. The van der Waals surface area contributed by atoms with Gasteiger partial charge in [0.2, 0.25) is 0 Å². The molecule has 2 nitrogen and oxygen atoms in total. The minimum atomic E-state index is 0.489. The van der Waals surface area contributed by atoms with Gasteiger partial charge in [-0.25, -0.2) is 0 Å². The summed E-state index contributed by atoms with van der Waals surface area (Å²) in [5.74, 6) is 0.588. The molecule has 2 N–H and O–H groups in total. The third kappa shape index (κ3) is 2.46. The predicted molar refractivity (Wildman–Crippen MR) is 85.7 cm³/mol. The van der Waals surface area contributed by atoms with Crippen LogP contribution in [0.5, 0.6) is 0 Å². The van der Waals surface area contributed by atoms with Crippen molar-refractivity contribution < 1.29 is 0 Å². The largest absolute Gasteiger partial charge is 0.330 e. The number of hydrogen-bond acceptors (Lipinski definition) is 2. The van der Waals surface area contributed by atoms with Crippen molar-refractivity contribution >= 4 is 10.8 Å². The first-order valence-corrected chi connectivity index (χ1v) is 7.76. The molecule has 0 spiro atoms. The quantitative estimate of drug-likeness (QED) is 0.922. The van der Waals surface area contributed by atoms with Crippen molar-refractivity contribution in [3.63, 3.8) is 0 Å². The normalized spacial score (nSPS) is 24.1. The number of hydrogen-bond donors (Lipinski definition) is 1. The van der Waals surface area contributed by atoms with Gasteiger partial charge in [0.25, 0.3) is 0 Å². The number of nitrogens with zero attached hydrogens (tertiary/aromatic N) is 1. The minimum Gasteiger partial charge on any atom is -0.330 e. The highest BCUT2D eigenvalue weighted by Crippen LogP contribution is 2.36. The van der Waals surface area contributed by atoms with E-state index in [1.54, 1.807) is 0 Å². The molecule has 106 valence electrons. The van der Waals surface area contributed by atoms with Gasteiger partial charge in [-0.2, -0.15) is 0 Å². The number of likely N-dealkylation sites (tertiary alicyclic amines) is 1. The van der Waals surface area contributed by atoms with Gasteiger partial charge in [-0.15, -0.1) is 0 Å². The molecular formula is C18H24N2. The SMILES string of the molecule is CCN1CCCC(CN)C1c1ccc2ccccc2c1. The van der Waals surface area contributed by atoms with Crippen LogP contribution < -0.4 is 5.73 Å². The van der Waals surface area contributed by atoms with E-state index >= 15 is 0 Å². The van der Waals surface area contributed by atoms with Gasteiger partial charge in [0.15, 0.2) is 0 Å². The second kappa shape index (κ2) is 5.94. The standard InChI is InChI=1S/C18H24N2/c1-2-20-11-5-8-17(13-19)18(20)16-10-9-14-6-3-4-7-15(14)12-16/h3-4,6-7,9-10,12,17-18H,2,5,8,11,13,19H2,1H3. The van der Waals surface area contributed by atoms with Gasteiger partial charge >= 0.3 is 0 Å². The Labute approximate surface area is 121 Å². The highest BCUT2D eigenvalue weighted by molar-refractivity contribution is 5.83. The lowest BCUT2D eigenvalue weighted by Crippen LogP contribution is -2.41. The molecule has 0 aliphatic carbocycles. The van der Waals surface area contributed by atoms with Gasteiger partial charge in [0, 0.05) is 6.04 Å². The van der Waals surface area contributed by atoms with Crippen LogP contribution in [-0.4, -0.2) is 24.5 Å². The van der Waals surface area contributed by atoms with Crippen LogP contribution in [0, 0.1) is 5.92 Å². The van der Waals surface area contributed by atoms with Crippen LogP contribution in [0.15, 0.2) is 42.5 Å². The van der Waals surface area contributed by atoms with E-state index in [1.165, 1.54) is 35.7 Å². The molecule has 2 heteroatoms. The molecular weight excluding hydrogens is 244 g/mol. The summed E-state index contributed by atoms with van der Waals surface area (Å²) >= 11 is 0. The van der Waals surface area contributed by atoms with Crippen LogP contribution in [0.1, 0.15) is 31.4 Å². The Kier molecular flexibility index (Phi) is 4.04. The fourth-order valence-corrected chi connectivity index (χ4v) is 3.63. The van der Waals surface area contributed by atoms with Crippen LogP contribution in [0.4, 0.5) is 0 Å². The molecule has 2 aromatic carbocycles. The van der Waals surface area contributed by atoms with E-state index in [4.69, 9.17) is 5.73 Å². The first-order valence-electron chi connectivity index (χ1n) is 7.76. The molecule has 1 heterocycles. The van der Waals surface area contributed by atoms with E-state index in [0.717, 1.165) is 13.1 Å². The summed E-state index contributed by atoms with van der Waals surface area (Å²) in [6.45, 7) is 5.35. The lowest BCUT2D eigenvalue weighted by Gasteiger charge is -2.41. The van der Waals surface area contributed by atoms with Gasteiger partial charge in [-0.05, 0) is 60.8 Å². The molecule has 1 saturated heterocycles. The summed E-state index contributed by atoms with van der Waals surface area (Å²) in [4.78, 5) is 2.59. The van der Waals surface area contributed by atoms with Gasteiger partial charge < -0.3 is 5.73 Å². The van der Waals surface area contributed by atoms with Crippen molar-refractivity contribution in [3.05, 3.63) is 48.0 Å². The summed E-state index contributed by atoms with van der Waals surface area (Å²) in [6.07, 6.45) is 2.53. The molecule has 0 amide bonds. The van der Waals surface area contributed by atoms with Crippen LogP contribution in [-0.2, 0) is 0 Å². The molecule has 2 atom stereocenters. The lowest BCUT2D eigenvalue weighted by molar-refractivity contribution is 0.102. The summed E-state index contributed by atoms with van der Waals surface area (Å²) in [5, 5.41) is 2.65. The van der Waals surface area contributed by atoms with Crippen LogP contribution in [0.25, 0.3) is 10.8 Å². The summed E-state index contributed by atoms with van der Waals surface area (Å²) < 4.78 is 0. The third-order valence-corrected chi connectivity index (χ3v) is 4.68. The zero-order valence-corrected chi connectivity index (χ0v) is 12.3. The Morgan fingerprint density at radius 1 is 1.15 bits per heavy atom. The first kappa shape index (κ1) is 13.6. The average Bonchev–Trinajstić information content (AvgIpc) is 2.53. The Balaban J connectivity index is 2.01. The molecule has 0 radical (unpaired) electrons. The van der Waals surface area contributed by atoms with Crippen molar-refractivity contribution in [2.75, 3.05) is 19.6 Å². The van der Waals surface area contributed by atoms with E-state index in [1.807, 2.05) is 0 Å². The molecule has 1 aliphatic heterocycles. The maximum atomic E-state index is 6.03. The predicted octanol–water partition coefficient (Wildman–Crippen LogP) is 3.57. The molecule has 0 aromatic heterocycles. The molecule has 2 unspecified atom stereocenters. The van der Waals surface area contributed by atoms with Gasteiger partial charge in [-0.1, -0.05) is 43.3 Å². The number of fused-ring (bicyclic) bond motifs is 1. The van der Waals surface area contributed by atoms with Gasteiger partial charge in [0.1, 0.15) is 0 Å². The van der Waals surface area contributed by atoms with Crippen LogP contribution in [0.3, 0.4) is 0 Å². The summed E-state index contributed by atoms with van der Waals surface area (Å²) in [6, 6.07) is 16.0. The zero-order chi connectivity index (χ0) is 13.9. The van der Waals surface area contributed by atoms with Crippen molar-refractivity contribution in [1.29, 1.82) is 0 Å². The maximum Gasteiger partial charge on any atom is 0.0388 e. The molecule has 2 aromatic rings. The second-order valence-corrected chi connectivity index (χ2v) is 5.82. The molecule has 0 saturated carbocycles. The highest BCUT2D eigenvalue weighted by atomic mass is 15.2. The van der Waals surface area contributed by atoms with Crippen LogP contribution in [0.2, 0.25) is 0 Å². The summed E-state index contributed by atoms with van der Waals surface area (Å²) in [5.41, 5.74) is 7.47. The van der Waals surface area contributed by atoms with Crippen molar-refractivity contribution in [3.8, 4) is 0 Å². The van der Waals surface area contributed by atoms with Gasteiger partial charge in [0.05, 0.1) is 0 Å². The van der Waals surface area contributed by atoms with E-state index in [9.17, 15) is 0 Å². The number of benzene rings is 2. The monoisotopic (exact) mass is 268 g/mol. The van der Waals surface area contributed by atoms with Crippen molar-refractivity contribution in [1.82, 2.24) is 4.90 Å². The third-order valence-electron chi connectivity index (χ3n) is 4.68. The Morgan fingerprint density at radius 3 is 2.70 bits per heavy atom. The molecule has 0 bridgehead atoms. The molecule has 1 aliphatic rings. The Bertz CT molecular complexity index is 566. The van der Waals surface area contributed by atoms with E-state index in [-0.39, 0.29) is 0 Å².